The molecule has 2 aromatic heterocycles. The van der Waals surface area contributed by atoms with E-state index < -0.39 is 0 Å². The van der Waals surface area contributed by atoms with Gasteiger partial charge in [0.05, 0.1) is 34.6 Å². The highest BCUT2D eigenvalue weighted by atomic mass is 16.3. The number of para-hydroxylation sites is 4. The molecule has 0 saturated heterocycles. The predicted octanol–water partition coefficient (Wildman–Crippen LogP) is 15.6. The van der Waals surface area contributed by atoms with Gasteiger partial charge < -0.3 is 18.6 Å². The lowest BCUT2D eigenvalue weighted by Crippen LogP contribution is -2.16. The maximum absolute atomic E-state index is 9.68. The summed E-state index contributed by atoms with van der Waals surface area (Å²) in [6.45, 7) is 4.63. The number of fused-ring (bicyclic) bond motifs is 10. The van der Waals surface area contributed by atoms with E-state index in [1.54, 1.807) is 0 Å². The van der Waals surface area contributed by atoms with E-state index in [-0.39, 0.29) is 5.41 Å². The highest BCUT2D eigenvalue weighted by Crippen LogP contribution is 2.53. The SMILES string of the molecule is CC1(C)c2cc(N(c3ccc(C#N)cc3)c3cccc4c3oc3ccccc34)ccc2-c2cc3ccc(N(c4ccc(C#N)cc4)c4cccc5c4oc4ccccc45)cc3cc21. The van der Waals surface area contributed by atoms with Crippen LogP contribution in [0.5, 0.6) is 0 Å². The van der Waals surface area contributed by atoms with Crippen molar-refractivity contribution in [1.29, 1.82) is 10.5 Å². The van der Waals surface area contributed by atoms with Crippen molar-refractivity contribution in [3.05, 3.63) is 204 Å². The molecule has 6 nitrogen and oxygen atoms in total. The molecular weight excluding hydrogens is 773 g/mol. The Kier molecular flexibility index (Phi) is 7.90. The Balaban J connectivity index is 0.995. The minimum absolute atomic E-state index is 0.334. The first-order valence-corrected chi connectivity index (χ1v) is 21.0. The fourth-order valence-corrected chi connectivity index (χ4v) is 9.77. The summed E-state index contributed by atoms with van der Waals surface area (Å²) in [5.74, 6) is 0. The summed E-state index contributed by atoms with van der Waals surface area (Å²) in [6.07, 6.45) is 0. The molecule has 0 aliphatic heterocycles. The number of hydrogen-bond acceptors (Lipinski definition) is 6. The van der Waals surface area contributed by atoms with Crippen LogP contribution in [-0.2, 0) is 5.41 Å². The molecule has 6 heteroatoms. The maximum atomic E-state index is 9.68. The molecule has 0 unspecified atom stereocenters. The summed E-state index contributed by atoms with van der Waals surface area (Å²) in [5, 5.41) is 25.8. The Hall–Kier alpha value is -8.58. The molecule has 0 N–H and O–H groups in total. The van der Waals surface area contributed by atoms with Crippen LogP contribution in [-0.4, -0.2) is 0 Å². The Morgan fingerprint density at radius 3 is 1.44 bits per heavy atom. The Bertz CT molecular complexity index is 3750. The molecule has 0 saturated carbocycles. The van der Waals surface area contributed by atoms with Gasteiger partial charge in [-0.05, 0) is 142 Å². The fourth-order valence-electron chi connectivity index (χ4n) is 9.77. The van der Waals surface area contributed by atoms with Gasteiger partial charge in [-0.3, -0.25) is 0 Å². The van der Waals surface area contributed by atoms with E-state index in [4.69, 9.17) is 8.83 Å². The number of nitriles is 2. The molecule has 63 heavy (non-hydrogen) atoms. The second-order valence-electron chi connectivity index (χ2n) is 16.8. The summed E-state index contributed by atoms with van der Waals surface area (Å²) in [6, 6.07) is 67.1. The summed E-state index contributed by atoms with van der Waals surface area (Å²) in [7, 11) is 0. The van der Waals surface area contributed by atoms with Crippen molar-refractivity contribution in [2.24, 2.45) is 0 Å². The van der Waals surface area contributed by atoms with E-state index in [2.05, 4.69) is 133 Å². The average Bonchev–Trinajstić information content (AvgIpc) is 3.97. The predicted molar refractivity (Wildman–Crippen MR) is 255 cm³/mol. The van der Waals surface area contributed by atoms with Gasteiger partial charge in [0.15, 0.2) is 11.2 Å². The lowest BCUT2D eigenvalue weighted by molar-refractivity contribution is 0.661. The van der Waals surface area contributed by atoms with Crippen molar-refractivity contribution in [2.45, 2.75) is 19.3 Å². The van der Waals surface area contributed by atoms with Crippen molar-refractivity contribution in [3.63, 3.8) is 0 Å². The lowest BCUT2D eigenvalue weighted by atomic mass is 9.81. The highest BCUT2D eigenvalue weighted by Gasteiger charge is 2.37. The van der Waals surface area contributed by atoms with Crippen LogP contribution in [0.4, 0.5) is 34.1 Å². The zero-order valence-corrected chi connectivity index (χ0v) is 34.4. The number of furan rings is 2. The molecule has 11 aromatic rings. The summed E-state index contributed by atoms with van der Waals surface area (Å²) in [5.41, 5.74) is 14.8. The van der Waals surface area contributed by atoms with Crippen molar-refractivity contribution in [1.82, 2.24) is 0 Å². The minimum Gasteiger partial charge on any atom is -0.454 e. The Morgan fingerprint density at radius 1 is 0.413 bits per heavy atom. The summed E-state index contributed by atoms with van der Waals surface area (Å²) < 4.78 is 13.2. The molecular formula is C57H36N4O2. The summed E-state index contributed by atoms with van der Waals surface area (Å²) in [4.78, 5) is 4.47. The Morgan fingerprint density at radius 2 is 0.889 bits per heavy atom. The number of rotatable bonds is 6. The minimum atomic E-state index is -0.334. The quantitative estimate of drug-likeness (QED) is 0.166. The van der Waals surface area contributed by atoms with Crippen LogP contribution in [0.1, 0.15) is 36.1 Å². The number of nitrogens with zero attached hydrogens (tertiary/aromatic N) is 4. The maximum Gasteiger partial charge on any atom is 0.159 e. The second kappa shape index (κ2) is 13.7. The van der Waals surface area contributed by atoms with Gasteiger partial charge >= 0.3 is 0 Å². The molecule has 0 radical (unpaired) electrons. The molecule has 9 aromatic carbocycles. The molecule has 296 valence electrons. The molecule has 12 rings (SSSR count). The van der Waals surface area contributed by atoms with Crippen LogP contribution in [0.2, 0.25) is 0 Å². The van der Waals surface area contributed by atoms with E-state index in [1.165, 1.54) is 22.3 Å². The molecule has 0 fully saturated rings. The van der Waals surface area contributed by atoms with Gasteiger partial charge in [-0.1, -0.05) is 86.6 Å². The van der Waals surface area contributed by atoms with Gasteiger partial charge in [-0.25, -0.2) is 0 Å². The lowest BCUT2D eigenvalue weighted by Gasteiger charge is -2.28. The first kappa shape index (κ1) is 36.3. The fraction of sp³-hybridized carbons (Fsp3) is 0.0526. The first-order chi connectivity index (χ1) is 30.9. The van der Waals surface area contributed by atoms with Crippen molar-refractivity contribution >= 4 is 88.8 Å². The van der Waals surface area contributed by atoms with E-state index in [9.17, 15) is 10.5 Å². The molecule has 2 heterocycles. The third-order valence-corrected chi connectivity index (χ3v) is 12.9. The van der Waals surface area contributed by atoms with Crippen LogP contribution in [0.3, 0.4) is 0 Å². The van der Waals surface area contributed by atoms with E-state index in [1.807, 2.05) is 84.9 Å². The van der Waals surface area contributed by atoms with Gasteiger partial charge in [0.2, 0.25) is 0 Å². The summed E-state index contributed by atoms with van der Waals surface area (Å²) >= 11 is 0. The van der Waals surface area contributed by atoms with Crippen molar-refractivity contribution < 1.29 is 8.83 Å². The topological polar surface area (TPSA) is 80.3 Å². The number of benzene rings is 9. The zero-order valence-electron chi connectivity index (χ0n) is 34.4. The van der Waals surface area contributed by atoms with Gasteiger partial charge in [0, 0.05) is 49.7 Å². The van der Waals surface area contributed by atoms with Gasteiger partial charge in [-0.15, -0.1) is 0 Å². The van der Waals surface area contributed by atoms with Crippen LogP contribution < -0.4 is 9.80 Å². The highest BCUT2D eigenvalue weighted by molar-refractivity contribution is 6.12. The molecule has 1 aliphatic carbocycles. The van der Waals surface area contributed by atoms with E-state index in [0.717, 1.165) is 88.8 Å². The molecule has 1 aliphatic rings. The first-order valence-electron chi connectivity index (χ1n) is 21.0. The van der Waals surface area contributed by atoms with Crippen molar-refractivity contribution in [3.8, 4) is 23.3 Å². The van der Waals surface area contributed by atoms with Gasteiger partial charge in [-0.2, -0.15) is 10.5 Å². The molecule has 0 spiro atoms. The average molecular weight is 809 g/mol. The number of anilines is 6. The Labute approximate surface area is 363 Å². The largest absolute Gasteiger partial charge is 0.454 e. The normalized spacial score (nSPS) is 12.7. The smallest absolute Gasteiger partial charge is 0.159 e. The standard InChI is InChI=1S/C57H36N4O2/c1-57(2)49-31-38-29-41(60(39-22-17-35(33-58)18-23-39)51-13-7-11-46-44-9-3-5-15-53(44)62-55(46)51)26-21-37(38)30-48(49)43-28-27-42(32-50(43)57)61(40-24-19-36(34-59)20-25-40)52-14-8-12-47-45-10-4-6-16-54(45)63-56(47)52/h3-32H,1-2H3. The van der Waals surface area contributed by atoms with Crippen LogP contribution in [0.25, 0.3) is 65.8 Å². The molecule has 0 atom stereocenters. The van der Waals surface area contributed by atoms with Crippen LogP contribution in [0.15, 0.2) is 191 Å². The van der Waals surface area contributed by atoms with Crippen LogP contribution >= 0.6 is 0 Å². The monoisotopic (exact) mass is 808 g/mol. The van der Waals surface area contributed by atoms with Gasteiger partial charge in [0.25, 0.3) is 0 Å². The molecule has 0 amide bonds. The van der Waals surface area contributed by atoms with Gasteiger partial charge in [0.1, 0.15) is 11.2 Å². The third-order valence-electron chi connectivity index (χ3n) is 12.9. The van der Waals surface area contributed by atoms with E-state index in [0.29, 0.717) is 11.1 Å². The zero-order chi connectivity index (χ0) is 42.4. The van der Waals surface area contributed by atoms with Crippen LogP contribution in [0, 0.1) is 22.7 Å². The van der Waals surface area contributed by atoms with E-state index >= 15 is 0 Å². The second-order valence-corrected chi connectivity index (χ2v) is 16.8. The van der Waals surface area contributed by atoms with Crippen molar-refractivity contribution in [2.75, 3.05) is 9.80 Å². The molecule has 0 bridgehead atoms. The third kappa shape index (κ3) is 5.56. The number of hydrogen-bond donors (Lipinski definition) is 0.